The molecule has 0 aromatic rings. The summed E-state index contributed by atoms with van der Waals surface area (Å²) in [7, 11) is 1.03. The van der Waals surface area contributed by atoms with E-state index in [4.69, 9.17) is 0 Å². The lowest BCUT2D eigenvalue weighted by Crippen LogP contribution is -2.38. The molecule has 0 heterocycles. The van der Waals surface area contributed by atoms with E-state index in [1.165, 1.54) is 0 Å². The van der Waals surface area contributed by atoms with Gasteiger partial charge in [0.15, 0.2) is 0 Å². The maximum atomic E-state index is 2.77. The summed E-state index contributed by atoms with van der Waals surface area (Å²) in [5, 5.41) is 0. The van der Waals surface area contributed by atoms with Crippen LogP contribution in [0.15, 0.2) is 0 Å². The Morgan fingerprint density at radius 2 is 0.889 bits per heavy atom. The molecule has 0 unspecified atom stereocenters. The first-order chi connectivity index (χ1) is 3.71. The highest BCUT2D eigenvalue weighted by Gasteiger charge is 2.41. The minimum atomic E-state index is -0.870. The minimum absolute atomic E-state index is 0.870. The van der Waals surface area contributed by atoms with Crippen molar-refractivity contribution in [3.05, 3.63) is 0 Å². The summed E-state index contributed by atoms with van der Waals surface area (Å²) in [6, 6.07) is 0. The molecule has 3 heteroatoms. The largest absolute Gasteiger partial charge is 0.342 e. The third kappa shape index (κ3) is 8.72. The van der Waals surface area contributed by atoms with Gasteiger partial charge in [-0.05, 0) is 49.0 Å². The van der Waals surface area contributed by atoms with Crippen LogP contribution in [0, 0.1) is 9.75 Å². The van der Waals surface area contributed by atoms with Crippen LogP contribution in [0.5, 0.6) is 0 Å². The number of rotatable bonds is 2. The average molecular weight is 182 g/mol. The summed E-state index contributed by atoms with van der Waals surface area (Å²) in [6.07, 6.45) is 0. The van der Waals surface area contributed by atoms with Crippen molar-refractivity contribution in [1.29, 1.82) is 0 Å². The van der Waals surface area contributed by atoms with Gasteiger partial charge in [0.25, 0.3) is 0 Å². The van der Waals surface area contributed by atoms with E-state index < -0.39 is 14.8 Å². The van der Waals surface area contributed by atoms with Crippen LogP contribution in [0.4, 0.5) is 0 Å². The Hall–Kier alpha value is 0.724. The Balaban J connectivity index is 3.75. The van der Waals surface area contributed by atoms with Crippen molar-refractivity contribution in [1.82, 2.24) is 0 Å². The van der Waals surface area contributed by atoms with Gasteiger partial charge in [-0.3, -0.25) is 0 Å². The first kappa shape index (κ1) is 9.72. The van der Waals surface area contributed by atoms with E-state index in [1.807, 2.05) is 0 Å². The molecule has 9 heavy (non-hydrogen) atoms. The first-order valence-electron chi connectivity index (χ1n) is 3.38. The van der Waals surface area contributed by atoms with Gasteiger partial charge in [0, 0.05) is 0 Å². The van der Waals surface area contributed by atoms with Crippen molar-refractivity contribution in [3.63, 3.8) is 0 Å². The van der Waals surface area contributed by atoms with Gasteiger partial charge in [-0.1, -0.05) is 0 Å². The topological polar surface area (TPSA) is 0 Å². The number of hydrogen-bond acceptors (Lipinski definition) is 0. The third-order valence-corrected chi connectivity index (χ3v) is 15.3. The van der Waals surface area contributed by atoms with Crippen molar-refractivity contribution >= 4 is 14.8 Å². The fourth-order valence-electron chi connectivity index (χ4n) is 0.850. The number of halogens is 1. The summed E-state index contributed by atoms with van der Waals surface area (Å²) in [5.74, 6) is 0. The summed E-state index contributed by atoms with van der Waals surface area (Å²) < 4.78 is 0. The normalized spacial score (nSPS) is 14.0. The van der Waals surface area contributed by atoms with Gasteiger partial charge in [-0.15, -0.1) is 0 Å². The lowest BCUT2D eigenvalue weighted by Gasteiger charge is -2.08. The van der Waals surface area contributed by atoms with Gasteiger partial charge in [-0.25, -0.2) is 0 Å². The fourth-order valence-corrected chi connectivity index (χ4v) is 23.0. The molecule has 0 spiro atoms. The molecule has 0 saturated carbocycles. The predicted octanol–water partition coefficient (Wildman–Crippen LogP) is 2.74. The van der Waals surface area contributed by atoms with E-state index in [0.29, 0.717) is 0 Å². The Morgan fingerprint density at radius 3 is 0.889 bits per heavy atom. The van der Waals surface area contributed by atoms with Crippen LogP contribution in [0.2, 0.25) is 39.3 Å². The summed E-state index contributed by atoms with van der Waals surface area (Å²) in [6.45, 7) is 14.4. The highest BCUT2D eigenvalue weighted by atomic mass is 35.7. The summed E-state index contributed by atoms with van der Waals surface area (Å²) in [5.41, 5.74) is 0. The summed E-state index contributed by atoms with van der Waals surface area (Å²) >= 11 is 0. The molecule has 0 aromatic heterocycles. The molecule has 0 radical (unpaired) electrons. The van der Waals surface area contributed by atoms with Crippen LogP contribution in [0.25, 0.3) is 0 Å². The van der Waals surface area contributed by atoms with E-state index in [0.717, 1.165) is 0 Å². The number of hydrogen-bond donors (Lipinski definition) is 0. The van der Waals surface area contributed by atoms with Crippen molar-refractivity contribution in [2.75, 3.05) is 0 Å². The molecule has 0 atom stereocenters. The van der Waals surface area contributed by atoms with Crippen molar-refractivity contribution in [3.8, 4) is 0 Å². The second kappa shape index (κ2) is 2.76. The SMILES string of the molecule is C[Si](C)(C)[Cl+][Si](C)(C)C. The van der Waals surface area contributed by atoms with Crippen LogP contribution in [0.1, 0.15) is 0 Å². The molecule has 0 saturated heterocycles. The van der Waals surface area contributed by atoms with Crippen LogP contribution < -0.4 is 0 Å². The Morgan fingerprint density at radius 1 is 0.667 bits per heavy atom. The van der Waals surface area contributed by atoms with Crippen molar-refractivity contribution in [2.45, 2.75) is 39.3 Å². The highest BCUT2D eigenvalue weighted by Crippen LogP contribution is 2.13. The van der Waals surface area contributed by atoms with Crippen molar-refractivity contribution in [2.24, 2.45) is 0 Å². The van der Waals surface area contributed by atoms with E-state index in [1.54, 1.807) is 0 Å². The molecule has 0 aliphatic rings. The van der Waals surface area contributed by atoms with Gasteiger partial charge in [-0.2, -0.15) is 0 Å². The fraction of sp³-hybridized carbons (Fsp3) is 1.00. The van der Waals surface area contributed by atoms with E-state index in [-0.39, 0.29) is 0 Å². The second-order valence-corrected chi connectivity index (χ2v) is 21.8. The molecular formula is C6H18ClSi2+. The Kier molecular flexibility index (Phi) is 2.99. The second-order valence-electron chi connectivity index (χ2n) is 4.23. The zero-order valence-corrected chi connectivity index (χ0v) is 10.1. The van der Waals surface area contributed by atoms with Crippen molar-refractivity contribution < 1.29 is 9.75 Å². The molecule has 0 aliphatic carbocycles. The maximum absolute atomic E-state index is 2.77. The molecule has 0 bridgehead atoms. The standard InChI is InChI=1S/C6H18ClSi2/c1-8(2,3)7-9(4,5)6/h1-6H3/q+1. The Labute approximate surface area is 64.2 Å². The lowest BCUT2D eigenvalue weighted by atomic mass is 11.8. The maximum Gasteiger partial charge on any atom is 0.342 e. The molecule has 0 nitrogen and oxygen atoms in total. The monoisotopic (exact) mass is 181 g/mol. The van der Waals surface area contributed by atoms with Gasteiger partial charge in [0.2, 0.25) is 0 Å². The van der Waals surface area contributed by atoms with Gasteiger partial charge in [0.05, 0.1) is 0 Å². The van der Waals surface area contributed by atoms with Crippen LogP contribution >= 0.6 is 0 Å². The molecule has 0 aromatic carbocycles. The molecule has 0 aliphatic heterocycles. The molecule has 0 fully saturated rings. The smallest absolute Gasteiger partial charge is 0.0363 e. The van der Waals surface area contributed by atoms with Crippen LogP contribution in [-0.4, -0.2) is 14.8 Å². The first-order valence-corrected chi connectivity index (χ1v) is 12.4. The zero-order chi connectivity index (χ0) is 7.71. The zero-order valence-electron chi connectivity index (χ0n) is 7.38. The highest BCUT2D eigenvalue weighted by molar-refractivity contribution is 6.79. The third-order valence-electron chi connectivity index (χ3n) is 0.567. The quantitative estimate of drug-likeness (QED) is 0.454. The average Bonchev–Trinajstić information content (AvgIpc) is 1.14. The molecular weight excluding hydrogens is 164 g/mol. The molecule has 0 rings (SSSR count). The van der Waals surface area contributed by atoms with Gasteiger partial charge >= 0.3 is 14.8 Å². The predicted molar refractivity (Wildman–Crippen MR) is 46.7 cm³/mol. The molecule has 0 amide bonds. The van der Waals surface area contributed by atoms with Crippen LogP contribution in [0.3, 0.4) is 0 Å². The van der Waals surface area contributed by atoms with Crippen LogP contribution in [-0.2, 0) is 0 Å². The summed E-state index contributed by atoms with van der Waals surface area (Å²) in [4.78, 5) is 0. The van der Waals surface area contributed by atoms with Gasteiger partial charge in [0.1, 0.15) is 0 Å². The molecule has 0 N–H and O–H groups in total. The molecule has 56 valence electrons. The van der Waals surface area contributed by atoms with E-state index in [9.17, 15) is 0 Å². The van der Waals surface area contributed by atoms with E-state index >= 15 is 0 Å². The van der Waals surface area contributed by atoms with E-state index in [2.05, 4.69) is 49.0 Å². The van der Waals surface area contributed by atoms with Gasteiger partial charge < -0.3 is 0 Å². The lowest BCUT2D eigenvalue weighted by molar-refractivity contribution is -0.386. The Bertz CT molecular complexity index is 76.2. The minimum Gasteiger partial charge on any atom is -0.0363 e.